The van der Waals surface area contributed by atoms with Gasteiger partial charge in [0.1, 0.15) is 0 Å². The molecule has 3 N–H and O–H groups in total. The van der Waals surface area contributed by atoms with Crippen molar-refractivity contribution >= 4 is 26.9 Å². The molecule has 0 bridgehead atoms. The Morgan fingerprint density at radius 2 is 1.76 bits per heavy atom. The average Bonchev–Trinajstić information content (AvgIpc) is 2.49. The van der Waals surface area contributed by atoms with Crippen LogP contribution in [-0.4, -0.2) is 36.6 Å². The molecule has 0 aromatic heterocycles. The van der Waals surface area contributed by atoms with Gasteiger partial charge in [0.2, 0.25) is 10.0 Å². The van der Waals surface area contributed by atoms with Gasteiger partial charge in [0.05, 0.1) is 5.25 Å². The van der Waals surface area contributed by atoms with Gasteiger partial charge >= 0.3 is 0 Å². The Kier molecular flexibility index (Phi) is 8.24. The Hall–Kier alpha value is -0.110. The fourth-order valence-electron chi connectivity index (χ4n) is 4.02. The zero-order chi connectivity index (χ0) is 18.3. The van der Waals surface area contributed by atoms with E-state index in [1.54, 1.807) is 0 Å². The van der Waals surface area contributed by atoms with Crippen LogP contribution < -0.4 is 10.5 Å². The van der Waals surface area contributed by atoms with Crippen molar-refractivity contribution in [3.8, 4) is 0 Å². The molecule has 0 amide bonds. The monoisotopic (exact) mass is 390 g/mol. The summed E-state index contributed by atoms with van der Waals surface area (Å²) in [6.45, 7) is 2.35. The third-order valence-corrected chi connectivity index (χ3v) is 8.47. The second kappa shape index (κ2) is 9.72. The molecule has 0 spiro atoms. The number of rotatable bonds is 6. The van der Waals surface area contributed by atoms with Crippen molar-refractivity contribution in [1.82, 2.24) is 4.72 Å². The minimum Gasteiger partial charge on any atom is -0.325 e. The summed E-state index contributed by atoms with van der Waals surface area (Å²) in [7, 11) is -3.26. The Morgan fingerprint density at radius 3 is 2.40 bits per heavy atom. The van der Waals surface area contributed by atoms with Crippen LogP contribution in [0.25, 0.3) is 0 Å². The van der Waals surface area contributed by atoms with E-state index in [0.717, 1.165) is 64.2 Å². The van der Waals surface area contributed by atoms with Gasteiger partial charge in [-0.25, -0.2) is 13.1 Å². The number of sulfonamides is 1. The van der Waals surface area contributed by atoms with Crippen molar-refractivity contribution < 1.29 is 13.2 Å². The number of thioether (sulfide) groups is 1. The fraction of sp³-hybridized carbons (Fsp3) is 0.944. The van der Waals surface area contributed by atoms with Gasteiger partial charge in [0.15, 0.2) is 5.12 Å². The Balaban J connectivity index is 1.71. The molecule has 2 rings (SSSR count). The van der Waals surface area contributed by atoms with Crippen molar-refractivity contribution in [2.45, 2.75) is 88.3 Å². The Bertz CT molecular complexity index is 526. The number of hydrogen-bond acceptors (Lipinski definition) is 5. The zero-order valence-corrected chi connectivity index (χ0v) is 17.1. The van der Waals surface area contributed by atoms with Gasteiger partial charge < -0.3 is 5.73 Å². The summed E-state index contributed by atoms with van der Waals surface area (Å²) in [4.78, 5) is 12.3. The van der Waals surface area contributed by atoms with E-state index in [4.69, 9.17) is 5.73 Å². The minimum atomic E-state index is -3.26. The molecular formula is C18H34N2O3S2. The highest BCUT2D eigenvalue weighted by atomic mass is 32.2. The summed E-state index contributed by atoms with van der Waals surface area (Å²) < 4.78 is 27.6. The van der Waals surface area contributed by atoms with Gasteiger partial charge in [-0.3, -0.25) is 4.79 Å². The number of carbonyl (C=O) groups excluding carboxylic acids is 1. The highest BCUT2D eigenvalue weighted by molar-refractivity contribution is 8.13. The van der Waals surface area contributed by atoms with Gasteiger partial charge in [0, 0.05) is 23.8 Å². The van der Waals surface area contributed by atoms with Crippen LogP contribution in [0.4, 0.5) is 0 Å². The van der Waals surface area contributed by atoms with E-state index in [9.17, 15) is 13.2 Å². The standard InChI is InChI=1S/C18H34N2O3S2/c1-18(19)11-7-8-15(14-18)17(21)24-13-12-20-25(22,23)16-9-5-3-2-4-6-10-16/h15-16,20H,2-14,19H2,1H3. The SMILES string of the molecule is CC1(N)CCCC(C(=O)SCCNS(=O)(=O)C2CCCCCCC2)C1. The first-order valence-corrected chi connectivity index (χ1v) is 12.3. The first-order valence-electron chi connectivity index (χ1n) is 9.74. The summed E-state index contributed by atoms with van der Waals surface area (Å²) >= 11 is 1.26. The van der Waals surface area contributed by atoms with Crippen LogP contribution in [-0.2, 0) is 14.8 Å². The number of carbonyl (C=O) groups is 1. The number of nitrogens with one attached hydrogen (secondary N) is 1. The van der Waals surface area contributed by atoms with E-state index in [1.165, 1.54) is 18.2 Å². The molecule has 0 aliphatic heterocycles. The van der Waals surface area contributed by atoms with Gasteiger partial charge in [0.25, 0.3) is 0 Å². The van der Waals surface area contributed by atoms with Crippen LogP contribution in [0.15, 0.2) is 0 Å². The van der Waals surface area contributed by atoms with Crippen molar-refractivity contribution in [1.29, 1.82) is 0 Å². The maximum Gasteiger partial charge on any atom is 0.214 e. The van der Waals surface area contributed by atoms with Crippen LogP contribution in [0.5, 0.6) is 0 Å². The molecule has 5 nitrogen and oxygen atoms in total. The largest absolute Gasteiger partial charge is 0.325 e. The molecule has 2 atom stereocenters. The van der Waals surface area contributed by atoms with Gasteiger partial charge in [-0.05, 0) is 39.0 Å². The fourth-order valence-corrected chi connectivity index (χ4v) is 6.57. The average molecular weight is 391 g/mol. The second-order valence-electron chi connectivity index (χ2n) is 8.02. The third-order valence-electron chi connectivity index (χ3n) is 5.49. The van der Waals surface area contributed by atoms with E-state index < -0.39 is 10.0 Å². The maximum atomic E-state index is 12.5. The molecule has 0 saturated heterocycles. The van der Waals surface area contributed by atoms with Crippen LogP contribution in [0.1, 0.15) is 77.6 Å². The Labute approximate surface area is 157 Å². The highest BCUT2D eigenvalue weighted by Crippen LogP contribution is 2.33. The van der Waals surface area contributed by atoms with Crippen LogP contribution in [0.2, 0.25) is 0 Å². The second-order valence-corrected chi connectivity index (χ2v) is 11.2. The molecule has 25 heavy (non-hydrogen) atoms. The lowest BCUT2D eigenvalue weighted by Crippen LogP contribution is -2.42. The predicted octanol–water partition coefficient (Wildman–Crippen LogP) is 3.19. The Morgan fingerprint density at radius 1 is 1.12 bits per heavy atom. The first-order chi connectivity index (χ1) is 11.8. The van der Waals surface area contributed by atoms with E-state index in [1.807, 2.05) is 6.92 Å². The van der Waals surface area contributed by atoms with Crippen molar-refractivity contribution in [3.63, 3.8) is 0 Å². The van der Waals surface area contributed by atoms with Crippen LogP contribution in [0.3, 0.4) is 0 Å². The molecule has 2 aliphatic rings. The molecule has 0 heterocycles. The van der Waals surface area contributed by atoms with E-state index in [-0.39, 0.29) is 21.8 Å². The molecule has 0 aromatic rings. The summed E-state index contributed by atoms with van der Waals surface area (Å²) in [5, 5.41) is -0.0914. The van der Waals surface area contributed by atoms with E-state index in [0.29, 0.717) is 12.3 Å². The molecule has 146 valence electrons. The maximum absolute atomic E-state index is 12.5. The molecule has 7 heteroatoms. The van der Waals surface area contributed by atoms with Crippen molar-refractivity contribution in [2.24, 2.45) is 11.7 Å². The topological polar surface area (TPSA) is 89.3 Å². The van der Waals surface area contributed by atoms with Crippen molar-refractivity contribution in [2.75, 3.05) is 12.3 Å². The lowest BCUT2D eigenvalue weighted by Gasteiger charge is -2.34. The minimum absolute atomic E-state index is 0.0240. The van der Waals surface area contributed by atoms with Crippen LogP contribution in [0, 0.1) is 5.92 Å². The predicted molar refractivity (Wildman–Crippen MR) is 105 cm³/mol. The third kappa shape index (κ3) is 7.19. The normalized spacial score (nSPS) is 29.8. The zero-order valence-electron chi connectivity index (χ0n) is 15.5. The van der Waals surface area contributed by atoms with E-state index >= 15 is 0 Å². The number of nitrogens with two attached hydrogens (primary N) is 1. The molecule has 2 saturated carbocycles. The summed E-state index contributed by atoms with van der Waals surface area (Å²) in [6, 6.07) is 0. The lowest BCUT2D eigenvalue weighted by molar-refractivity contribution is -0.115. The lowest BCUT2D eigenvalue weighted by atomic mass is 9.78. The molecule has 2 fully saturated rings. The molecule has 2 unspecified atom stereocenters. The number of hydrogen-bond donors (Lipinski definition) is 2. The quantitative estimate of drug-likeness (QED) is 0.680. The smallest absolute Gasteiger partial charge is 0.214 e. The molecular weight excluding hydrogens is 356 g/mol. The molecule has 0 radical (unpaired) electrons. The molecule has 0 aromatic carbocycles. The van der Waals surface area contributed by atoms with Crippen LogP contribution >= 0.6 is 11.8 Å². The highest BCUT2D eigenvalue weighted by Gasteiger charge is 2.32. The summed E-state index contributed by atoms with van der Waals surface area (Å²) in [6.07, 6.45) is 10.6. The van der Waals surface area contributed by atoms with Gasteiger partial charge in [-0.15, -0.1) is 0 Å². The van der Waals surface area contributed by atoms with Gasteiger partial charge in [-0.1, -0.05) is 50.3 Å². The van der Waals surface area contributed by atoms with E-state index in [2.05, 4.69) is 4.72 Å². The molecule has 2 aliphatic carbocycles. The first kappa shape index (κ1) is 21.2. The van der Waals surface area contributed by atoms with Gasteiger partial charge in [-0.2, -0.15) is 0 Å². The summed E-state index contributed by atoms with van der Waals surface area (Å²) in [5.74, 6) is 0.527. The summed E-state index contributed by atoms with van der Waals surface area (Å²) in [5.41, 5.74) is 5.93. The van der Waals surface area contributed by atoms with Crippen molar-refractivity contribution in [3.05, 3.63) is 0 Å².